The topological polar surface area (TPSA) is 33.2 Å². The predicted octanol–water partition coefficient (Wildman–Crippen LogP) is 3.94. The molecule has 1 fully saturated rings. The van der Waals surface area contributed by atoms with Crippen LogP contribution in [0.2, 0.25) is 0 Å². The molecule has 4 rings (SSSR count). The summed E-state index contributed by atoms with van der Waals surface area (Å²) in [4.78, 5) is 19.0. The summed E-state index contributed by atoms with van der Waals surface area (Å²) >= 11 is 0. The normalized spacial score (nSPS) is 19.4. The zero-order valence-corrected chi connectivity index (χ0v) is 13.4. The van der Waals surface area contributed by atoms with Gasteiger partial charge >= 0.3 is 0 Å². The number of aromatic nitrogens is 1. The van der Waals surface area contributed by atoms with Crippen LogP contribution >= 0.6 is 0 Å². The van der Waals surface area contributed by atoms with Crippen molar-refractivity contribution in [2.45, 2.75) is 44.1 Å². The van der Waals surface area contributed by atoms with Crippen LogP contribution in [0.1, 0.15) is 53.6 Å². The minimum Gasteiger partial charge on any atom is -0.333 e. The van der Waals surface area contributed by atoms with Crippen molar-refractivity contribution < 1.29 is 4.79 Å². The van der Waals surface area contributed by atoms with Crippen molar-refractivity contribution >= 4 is 5.91 Å². The number of pyridine rings is 1. The third-order valence-electron chi connectivity index (χ3n) is 5.47. The molecule has 23 heavy (non-hydrogen) atoms. The van der Waals surface area contributed by atoms with Gasteiger partial charge in [0.25, 0.3) is 5.91 Å². The molecule has 0 radical (unpaired) electrons. The largest absolute Gasteiger partial charge is 0.333 e. The molecule has 2 heterocycles. The van der Waals surface area contributed by atoms with E-state index < -0.39 is 0 Å². The maximum Gasteiger partial charge on any atom is 0.254 e. The highest BCUT2D eigenvalue weighted by atomic mass is 16.2. The van der Waals surface area contributed by atoms with Crippen LogP contribution in [0.3, 0.4) is 0 Å². The number of carbonyl (C=O) groups excluding carboxylic acids is 1. The minimum absolute atomic E-state index is 0.131. The molecule has 0 unspecified atom stereocenters. The molecular weight excluding hydrogens is 284 g/mol. The minimum atomic E-state index is 0.131. The first kappa shape index (κ1) is 14.4. The summed E-state index contributed by atoms with van der Waals surface area (Å²) in [5.74, 6) is 0.131. The van der Waals surface area contributed by atoms with Crippen molar-refractivity contribution in [2.75, 3.05) is 6.54 Å². The molecule has 2 aliphatic rings. The summed E-state index contributed by atoms with van der Waals surface area (Å²) < 4.78 is 0. The lowest BCUT2D eigenvalue weighted by atomic mass is 9.66. The molecule has 0 saturated heterocycles. The van der Waals surface area contributed by atoms with Crippen LogP contribution in [-0.4, -0.2) is 22.3 Å². The smallest absolute Gasteiger partial charge is 0.254 e. The fraction of sp³-hybridized carbons (Fsp3) is 0.400. The highest BCUT2D eigenvalue weighted by Crippen LogP contribution is 2.44. The maximum atomic E-state index is 12.9. The van der Waals surface area contributed by atoms with Gasteiger partial charge in [-0.25, -0.2) is 0 Å². The van der Waals surface area contributed by atoms with E-state index in [4.69, 9.17) is 0 Å². The van der Waals surface area contributed by atoms with Crippen molar-refractivity contribution in [1.82, 2.24) is 9.88 Å². The van der Waals surface area contributed by atoms with Crippen LogP contribution in [0.5, 0.6) is 0 Å². The Morgan fingerprint density at radius 1 is 1.00 bits per heavy atom. The van der Waals surface area contributed by atoms with Crippen molar-refractivity contribution in [3.63, 3.8) is 0 Å². The number of fused-ring (bicyclic) bond motifs is 2. The molecule has 1 aliphatic heterocycles. The van der Waals surface area contributed by atoms with Gasteiger partial charge in [0, 0.05) is 36.5 Å². The van der Waals surface area contributed by atoms with Crippen molar-refractivity contribution in [3.8, 4) is 0 Å². The van der Waals surface area contributed by atoms with E-state index in [1.165, 1.54) is 43.2 Å². The van der Waals surface area contributed by atoms with E-state index >= 15 is 0 Å². The number of rotatable bonds is 1. The number of amides is 1. The first-order valence-electron chi connectivity index (χ1n) is 8.56. The number of nitrogens with zero attached hydrogens (tertiary/aromatic N) is 2. The van der Waals surface area contributed by atoms with Gasteiger partial charge in [-0.15, -0.1) is 0 Å². The van der Waals surface area contributed by atoms with Gasteiger partial charge in [0.05, 0.1) is 0 Å². The molecule has 0 bridgehead atoms. The Morgan fingerprint density at radius 2 is 1.74 bits per heavy atom. The first-order valence-corrected chi connectivity index (χ1v) is 8.56. The second-order valence-electron chi connectivity index (χ2n) is 6.90. The Morgan fingerprint density at radius 3 is 2.52 bits per heavy atom. The molecule has 1 amide bonds. The summed E-state index contributed by atoms with van der Waals surface area (Å²) in [6.07, 6.45) is 9.65. The molecule has 3 nitrogen and oxygen atoms in total. The third-order valence-corrected chi connectivity index (χ3v) is 5.47. The summed E-state index contributed by atoms with van der Waals surface area (Å²) in [6.45, 7) is 1.57. The Labute approximate surface area is 137 Å². The monoisotopic (exact) mass is 306 g/mol. The third kappa shape index (κ3) is 2.54. The molecule has 1 aromatic carbocycles. The fourth-order valence-corrected chi connectivity index (χ4v) is 4.36. The molecule has 0 N–H and O–H groups in total. The van der Waals surface area contributed by atoms with Crippen LogP contribution in [0.15, 0.2) is 48.8 Å². The van der Waals surface area contributed by atoms with Gasteiger partial charge in [-0.1, -0.05) is 43.5 Å². The average Bonchev–Trinajstić information content (AvgIpc) is 2.62. The Hall–Kier alpha value is -2.16. The van der Waals surface area contributed by atoms with E-state index in [0.29, 0.717) is 0 Å². The van der Waals surface area contributed by atoms with E-state index in [1.807, 2.05) is 17.0 Å². The lowest BCUT2D eigenvalue weighted by Crippen LogP contribution is -2.48. The van der Waals surface area contributed by atoms with Gasteiger partial charge in [0.1, 0.15) is 0 Å². The van der Waals surface area contributed by atoms with Crippen LogP contribution < -0.4 is 0 Å². The van der Waals surface area contributed by atoms with E-state index in [2.05, 4.69) is 29.2 Å². The average molecular weight is 306 g/mol. The summed E-state index contributed by atoms with van der Waals surface area (Å²) in [5.41, 5.74) is 3.71. The second-order valence-corrected chi connectivity index (χ2v) is 6.90. The highest BCUT2D eigenvalue weighted by molar-refractivity contribution is 5.94. The van der Waals surface area contributed by atoms with Crippen LogP contribution in [-0.2, 0) is 12.0 Å². The Kier molecular flexibility index (Phi) is 3.64. The summed E-state index contributed by atoms with van der Waals surface area (Å²) in [5, 5.41) is 0. The van der Waals surface area contributed by atoms with Gasteiger partial charge in [-0.3, -0.25) is 9.78 Å². The molecule has 1 spiro atoms. The van der Waals surface area contributed by atoms with Crippen LogP contribution in [0, 0.1) is 0 Å². The number of carbonyl (C=O) groups is 1. The second kappa shape index (κ2) is 5.80. The van der Waals surface area contributed by atoms with Crippen molar-refractivity contribution in [1.29, 1.82) is 0 Å². The van der Waals surface area contributed by atoms with Crippen molar-refractivity contribution in [3.05, 3.63) is 65.5 Å². The number of benzene rings is 1. The zero-order valence-electron chi connectivity index (χ0n) is 13.4. The van der Waals surface area contributed by atoms with Gasteiger partial charge < -0.3 is 4.90 Å². The predicted molar refractivity (Wildman–Crippen MR) is 90.2 cm³/mol. The van der Waals surface area contributed by atoms with Gasteiger partial charge in [0.15, 0.2) is 0 Å². The van der Waals surface area contributed by atoms with Crippen LogP contribution in [0.25, 0.3) is 0 Å². The van der Waals surface area contributed by atoms with E-state index in [-0.39, 0.29) is 11.3 Å². The molecule has 1 saturated carbocycles. The number of hydrogen-bond donors (Lipinski definition) is 0. The molecule has 2 aromatic rings. The summed E-state index contributed by atoms with van der Waals surface area (Å²) in [7, 11) is 0. The van der Waals surface area contributed by atoms with Gasteiger partial charge in [-0.05, 0) is 36.1 Å². The van der Waals surface area contributed by atoms with Crippen molar-refractivity contribution in [2.24, 2.45) is 0 Å². The van der Waals surface area contributed by atoms with Crippen LogP contribution in [0.4, 0.5) is 0 Å². The molecular formula is C20H22N2O. The molecule has 1 aromatic heterocycles. The zero-order chi connectivity index (χ0) is 15.7. The maximum absolute atomic E-state index is 12.9. The lowest BCUT2D eigenvalue weighted by molar-refractivity contribution is 0.0635. The van der Waals surface area contributed by atoms with E-state index in [9.17, 15) is 4.79 Å². The molecule has 0 atom stereocenters. The fourth-order valence-electron chi connectivity index (χ4n) is 4.36. The lowest BCUT2D eigenvalue weighted by Gasteiger charge is -2.46. The Balaban J connectivity index is 1.71. The van der Waals surface area contributed by atoms with Gasteiger partial charge in [0.2, 0.25) is 0 Å². The first-order chi connectivity index (χ1) is 11.3. The Bertz CT molecular complexity index is 705. The van der Waals surface area contributed by atoms with E-state index in [1.54, 1.807) is 12.4 Å². The van der Waals surface area contributed by atoms with Gasteiger partial charge in [-0.2, -0.15) is 0 Å². The summed E-state index contributed by atoms with van der Waals surface area (Å²) in [6, 6.07) is 12.4. The SMILES string of the molecule is O=C(c1ccncc1)N1Cc2ccccc2C2(CCCCC2)C1. The number of hydrogen-bond acceptors (Lipinski definition) is 2. The standard InChI is InChI=1S/C20H22N2O/c23-19(16-8-12-21-13-9-16)22-14-17-6-2-3-7-18(17)20(15-22)10-4-1-5-11-20/h2-3,6-9,12-13H,1,4-5,10-11,14-15H2. The highest BCUT2D eigenvalue weighted by Gasteiger charge is 2.41. The molecule has 118 valence electrons. The van der Waals surface area contributed by atoms with E-state index in [0.717, 1.165) is 18.7 Å². The molecule has 3 heteroatoms. The quantitative estimate of drug-likeness (QED) is 0.799. The molecule has 1 aliphatic carbocycles.